The summed E-state index contributed by atoms with van der Waals surface area (Å²) in [5.41, 5.74) is 1.20. The number of aryl methyl sites for hydroxylation is 1. The first kappa shape index (κ1) is 17.8. The molecule has 0 radical (unpaired) electrons. The molecular weight excluding hydrogens is 310 g/mol. The lowest BCUT2D eigenvalue weighted by Gasteiger charge is -2.20. The Balaban J connectivity index is 2.39. The van der Waals surface area contributed by atoms with Crippen LogP contribution in [0, 0.1) is 18.8 Å². The van der Waals surface area contributed by atoms with Crippen molar-refractivity contribution in [1.82, 2.24) is 4.90 Å². The number of ketones is 1. The van der Waals surface area contributed by atoms with Gasteiger partial charge in [0.15, 0.2) is 5.78 Å². The number of carbonyl (C=O) groups is 4. The third-order valence-electron chi connectivity index (χ3n) is 4.12. The van der Waals surface area contributed by atoms with E-state index in [0.717, 1.165) is 10.5 Å². The Morgan fingerprint density at radius 1 is 1.29 bits per heavy atom. The Hall–Kier alpha value is -2.50. The van der Waals surface area contributed by atoms with Gasteiger partial charge in [-0.05, 0) is 26.8 Å². The van der Waals surface area contributed by atoms with E-state index in [4.69, 9.17) is 4.74 Å². The number of hydrogen-bond acceptors (Lipinski definition) is 5. The molecule has 1 unspecified atom stereocenters. The molecule has 1 aliphatic rings. The maximum absolute atomic E-state index is 12.9. The summed E-state index contributed by atoms with van der Waals surface area (Å²) in [5.74, 6) is -4.38. The highest BCUT2D eigenvalue weighted by atomic mass is 16.5. The van der Waals surface area contributed by atoms with E-state index >= 15 is 0 Å². The van der Waals surface area contributed by atoms with Crippen molar-refractivity contribution in [2.24, 2.45) is 11.8 Å². The van der Waals surface area contributed by atoms with Crippen LogP contribution in [0.1, 0.15) is 36.2 Å². The summed E-state index contributed by atoms with van der Waals surface area (Å²) < 4.78 is 5.00. The van der Waals surface area contributed by atoms with E-state index < -0.39 is 29.5 Å². The quantitative estimate of drug-likeness (QED) is 0.343. The SMILES string of the molecule is CCOC(=O)C(C(=O)c1cccc(C)c1)[C@H]1CC(=O)N(CC)C1=O. The fourth-order valence-corrected chi connectivity index (χ4v) is 2.97. The first-order valence-corrected chi connectivity index (χ1v) is 8.02. The van der Waals surface area contributed by atoms with Crippen molar-refractivity contribution in [2.45, 2.75) is 27.2 Å². The topological polar surface area (TPSA) is 80.8 Å². The summed E-state index contributed by atoms with van der Waals surface area (Å²) >= 11 is 0. The average molecular weight is 331 g/mol. The zero-order chi connectivity index (χ0) is 17.9. The minimum absolute atomic E-state index is 0.1000. The lowest BCUT2D eigenvalue weighted by Crippen LogP contribution is -2.38. The molecule has 0 aliphatic carbocycles. The Morgan fingerprint density at radius 2 is 2.00 bits per heavy atom. The van der Waals surface area contributed by atoms with Crippen molar-refractivity contribution in [3.05, 3.63) is 35.4 Å². The summed E-state index contributed by atoms with van der Waals surface area (Å²) in [7, 11) is 0. The summed E-state index contributed by atoms with van der Waals surface area (Å²) in [6.07, 6.45) is -0.145. The first-order valence-electron chi connectivity index (χ1n) is 8.02. The van der Waals surface area contributed by atoms with E-state index in [1.807, 2.05) is 13.0 Å². The lowest BCUT2D eigenvalue weighted by molar-refractivity contribution is -0.151. The van der Waals surface area contributed by atoms with E-state index in [9.17, 15) is 19.2 Å². The molecule has 1 heterocycles. The Kier molecular flexibility index (Phi) is 5.49. The number of carbonyl (C=O) groups excluding carboxylic acids is 4. The van der Waals surface area contributed by atoms with Gasteiger partial charge in [-0.3, -0.25) is 24.1 Å². The molecule has 1 aromatic carbocycles. The predicted octanol–water partition coefficient (Wildman–Crippen LogP) is 1.75. The fourth-order valence-electron chi connectivity index (χ4n) is 2.97. The molecule has 2 atom stereocenters. The second kappa shape index (κ2) is 7.38. The van der Waals surface area contributed by atoms with Gasteiger partial charge in [-0.25, -0.2) is 0 Å². The zero-order valence-corrected chi connectivity index (χ0v) is 14.1. The van der Waals surface area contributed by atoms with Crippen LogP contribution >= 0.6 is 0 Å². The van der Waals surface area contributed by atoms with E-state index in [-0.39, 0.29) is 25.5 Å². The van der Waals surface area contributed by atoms with Gasteiger partial charge in [0.2, 0.25) is 11.8 Å². The van der Waals surface area contributed by atoms with Gasteiger partial charge in [0.05, 0.1) is 12.5 Å². The highest BCUT2D eigenvalue weighted by Gasteiger charge is 2.48. The predicted molar refractivity (Wildman–Crippen MR) is 86.1 cm³/mol. The van der Waals surface area contributed by atoms with Gasteiger partial charge in [0, 0.05) is 18.5 Å². The fraction of sp³-hybridized carbons (Fsp3) is 0.444. The number of likely N-dealkylation sites (tertiary alicyclic amines) is 1. The van der Waals surface area contributed by atoms with Gasteiger partial charge in [-0.2, -0.15) is 0 Å². The molecule has 0 N–H and O–H groups in total. The molecule has 0 aromatic heterocycles. The lowest BCUT2D eigenvalue weighted by atomic mass is 9.84. The molecule has 1 aliphatic heterocycles. The molecule has 0 spiro atoms. The van der Waals surface area contributed by atoms with E-state index in [1.54, 1.807) is 32.0 Å². The van der Waals surface area contributed by atoms with Crippen molar-refractivity contribution in [3.63, 3.8) is 0 Å². The highest BCUT2D eigenvalue weighted by molar-refractivity contribution is 6.14. The number of amides is 2. The molecule has 6 heteroatoms. The van der Waals surface area contributed by atoms with E-state index in [1.165, 1.54) is 0 Å². The van der Waals surface area contributed by atoms with Crippen LogP contribution in [0.3, 0.4) is 0 Å². The average Bonchev–Trinajstić information content (AvgIpc) is 2.82. The summed E-state index contributed by atoms with van der Waals surface area (Å²) in [6.45, 7) is 5.47. The second-order valence-corrected chi connectivity index (χ2v) is 5.75. The Bertz CT molecular complexity index is 682. The van der Waals surface area contributed by atoms with Crippen LogP contribution in [0.5, 0.6) is 0 Å². The van der Waals surface area contributed by atoms with Gasteiger partial charge in [0.1, 0.15) is 5.92 Å². The van der Waals surface area contributed by atoms with Crippen molar-refractivity contribution in [2.75, 3.05) is 13.2 Å². The molecule has 24 heavy (non-hydrogen) atoms. The smallest absolute Gasteiger partial charge is 0.317 e. The molecule has 2 rings (SSSR count). The maximum Gasteiger partial charge on any atom is 0.317 e. The number of benzene rings is 1. The summed E-state index contributed by atoms with van der Waals surface area (Å²) in [5, 5.41) is 0. The van der Waals surface area contributed by atoms with Crippen molar-refractivity contribution < 1.29 is 23.9 Å². The van der Waals surface area contributed by atoms with Crippen LogP contribution in [-0.4, -0.2) is 41.6 Å². The molecule has 1 aromatic rings. The van der Waals surface area contributed by atoms with Crippen LogP contribution in [0.25, 0.3) is 0 Å². The van der Waals surface area contributed by atoms with Crippen molar-refractivity contribution in [1.29, 1.82) is 0 Å². The number of esters is 1. The Morgan fingerprint density at radius 3 is 2.54 bits per heavy atom. The van der Waals surface area contributed by atoms with Gasteiger partial charge >= 0.3 is 5.97 Å². The van der Waals surface area contributed by atoms with Crippen LogP contribution in [0.2, 0.25) is 0 Å². The van der Waals surface area contributed by atoms with Crippen LogP contribution in [-0.2, 0) is 19.1 Å². The largest absolute Gasteiger partial charge is 0.465 e. The molecule has 6 nitrogen and oxygen atoms in total. The number of hydrogen-bond donors (Lipinski definition) is 0. The monoisotopic (exact) mass is 331 g/mol. The molecule has 1 saturated heterocycles. The summed E-state index contributed by atoms with van der Waals surface area (Å²) in [4.78, 5) is 50.7. The first-order chi connectivity index (χ1) is 11.4. The van der Waals surface area contributed by atoms with E-state index in [0.29, 0.717) is 5.56 Å². The number of rotatable bonds is 6. The molecule has 128 valence electrons. The zero-order valence-electron chi connectivity index (χ0n) is 14.1. The maximum atomic E-state index is 12.9. The van der Waals surface area contributed by atoms with Crippen LogP contribution in [0.15, 0.2) is 24.3 Å². The number of Topliss-reactive ketones (excluding diaryl/α,β-unsaturated/α-hetero) is 1. The van der Waals surface area contributed by atoms with E-state index in [2.05, 4.69) is 0 Å². The van der Waals surface area contributed by atoms with Gasteiger partial charge in [-0.15, -0.1) is 0 Å². The van der Waals surface area contributed by atoms with Gasteiger partial charge < -0.3 is 4.74 Å². The number of nitrogens with zero attached hydrogens (tertiary/aromatic N) is 1. The summed E-state index contributed by atoms with van der Waals surface area (Å²) in [6, 6.07) is 6.80. The molecule has 2 amide bonds. The number of ether oxygens (including phenoxy) is 1. The third-order valence-corrected chi connectivity index (χ3v) is 4.12. The van der Waals surface area contributed by atoms with Crippen LogP contribution < -0.4 is 0 Å². The third kappa shape index (κ3) is 3.37. The molecule has 1 fully saturated rings. The van der Waals surface area contributed by atoms with Gasteiger partial charge in [0.25, 0.3) is 0 Å². The molecule has 0 saturated carbocycles. The molecular formula is C18H21NO5. The minimum atomic E-state index is -1.29. The highest BCUT2D eigenvalue weighted by Crippen LogP contribution is 2.30. The second-order valence-electron chi connectivity index (χ2n) is 5.75. The minimum Gasteiger partial charge on any atom is -0.465 e. The van der Waals surface area contributed by atoms with Crippen molar-refractivity contribution >= 4 is 23.6 Å². The number of imide groups is 1. The standard InChI is InChI=1S/C18H21NO5/c1-4-19-14(20)10-13(17(19)22)15(18(23)24-5-2)16(21)12-8-6-7-11(3)9-12/h6-9,13,15H,4-5,10H2,1-3H3/t13-,15?/m1/s1. The van der Waals surface area contributed by atoms with Crippen LogP contribution in [0.4, 0.5) is 0 Å². The normalized spacial score (nSPS) is 18.6. The van der Waals surface area contributed by atoms with Gasteiger partial charge in [-0.1, -0.05) is 23.8 Å². The van der Waals surface area contributed by atoms with Crippen molar-refractivity contribution in [3.8, 4) is 0 Å². The molecule has 0 bridgehead atoms. The Labute approximate surface area is 140 Å².